The standard InChI is InChI=1S/C31H23N3O4S/c1-5-12-33-21-9-7-6-8-20(21)31(29(33)37)24-26(35)19-14-16(2)10-11-22(19)38-27(24)28(36)34(31)30-32-25-18(4)13-17(3)15-23(25)39-30/h5-11,13-15H,1,12H2,2-4H3. The first-order chi connectivity index (χ1) is 18.8. The Morgan fingerprint density at radius 2 is 1.82 bits per heavy atom. The van der Waals surface area contributed by atoms with E-state index >= 15 is 0 Å². The summed E-state index contributed by atoms with van der Waals surface area (Å²) in [5.74, 6) is -1.11. The molecular formula is C31H23N3O4S. The quantitative estimate of drug-likeness (QED) is 0.275. The molecule has 0 aliphatic carbocycles. The second-order valence-electron chi connectivity index (χ2n) is 10.1. The van der Waals surface area contributed by atoms with E-state index < -0.39 is 22.8 Å². The lowest BCUT2D eigenvalue weighted by molar-refractivity contribution is -0.121. The summed E-state index contributed by atoms with van der Waals surface area (Å²) in [5, 5.41) is 0.657. The highest BCUT2D eigenvalue weighted by atomic mass is 32.1. The number of hydrogen-bond acceptors (Lipinski definition) is 6. The van der Waals surface area contributed by atoms with E-state index in [-0.39, 0.29) is 17.9 Å². The average Bonchev–Trinajstić information content (AvgIpc) is 3.51. The van der Waals surface area contributed by atoms with Crippen molar-refractivity contribution in [1.29, 1.82) is 0 Å². The average molecular weight is 534 g/mol. The van der Waals surface area contributed by atoms with Crippen molar-refractivity contribution < 1.29 is 14.0 Å². The Hall–Kier alpha value is -4.56. The van der Waals surface area contributed by atoms with Gasteiger partial charge in [0, 0.05) is 12.1 Å². The van der Waals surface area contributed by atoms with E-state index in [2.05, 4.69) is 6.58 Å². The molecule has 2 aliphatic heterocycles. The first kappa shape index (κ1) is 23.5. The van der Waals surface area contributed by atoms with Crippen LogP contribution < -0.4 is 15.2 Å². The maximum absolute atomic E-state index is 14.6. The van der Waals surface area contributed by atoms with Crippen LogP contribution in [0.15, 0.2) is 76.5 Å². The van der Waals surface area contributed by atoms with Crippen LogP contribution in [0, 0.1) is 20.8 Å². The fraction of sp³-hybridized carbons (Fsp3) is 0.161. The Kier molecular flexibility index (Phi) is 4.81. The summed E-state index contributed by atoms with van der Waals surface area (Å²) in [4.78, 5) is 51.1. The molecule has 5 aromatic rings. The number of carbonyl (C=O) groups is 2. The van der Waals surface area contributed by atoms with Crippen LogP contribution >= 0.6 is 11.3 Å². The zero-order chi connectivity index (χ0) is 27.2. The molecule has 0 bridgehead atoms. The van der Waals surface area contributed by atoms with Crippen LogP contribution in [0.4, 0.5) is 10.8 Å². The van der Waals surface area contributed by atoms with Gasteiger partial charge in [-0.1, -0.05) is 53.3 Å². The lowest BCUT2D eigenvalue weighted by Gasteiger charge is -2.32. The normalized spacial score (nSPS) is 18.0. The van der Waals surface area contributed by atoms with E-state index in [0.717, 1.165) is 26.9 Å². The third-order valence-electron chi connectivity index (χ3n) is 7.60. The molecule has 39 heavy (non-hydrogen) atoms. The predicted octanol–water partition coefficient (Wildman–Crippen LogP) is 5.76. The first-order valence-corrected chi connectivity index (χ1v) is 13.4. The first-order valence-electron chi connectivity index (χ1n) is 12.6. The number of fused-ring (bicyclic) bond motifs is 6. The van der Waals surface area contributed by atoms with Crippen LogP contribution in [0.1, 0.15) is 38.4 Å². The largest absolute Gasteiger partial charge is 0.450 e. The minimum absolute atomic E-state index is 0.0294. The van der Waals surface area contributed by atoms with Crippen molar-refractivity contribution in [3.63, 3.8) is 0 Å². The molecule has 1 unspecified atom stereocenters. The zero-order valence-electron chi connectivity index (χ0n) is 21.6. The van der Waals surface area contributed by atoms with Gasteiger partial charge in [-0.25, -0.2) is 4.98 Å². The number of para-hydroxylation sites is 1. The lowest BCUT2D eigenvalue weighted by Crippen LogP contribution is -2.53. The molecule has 2 aromatic heterocycles. The predicted molar refractivity (Wildman–Crippen MR) is 153 cm³/mol. The molecule has 2 aliphatic rings. The smallest absolute Gasteiger partial charge is 0.297 e. The molecule has 0 fully saturated rings. The number of thiazole rings is 1. The van der Waals surface area contributed by atoms with Gasteiger partial charge in [0.15, 0.2) is 16.1 Å². The third-order valence-corrected chi connectivity index (χ3v) is 8.59. The highest BCUT2D eigenvalue weighted by molar-refractivity contribution is 7.22. The summed E-state index contributed by atoms with van der Waals surface area (Å²) in [5.41, 5.74) is 2.97. The van der Waals surface area contributed by atoms with Gasteiger partial charge in [0.1, 0.15) is 5.58 Å². The van der Waals surface area contributed by atoms with Crippen LogP contribution in [0.25, 0.3) is 21.2 Å². The number of aryl methyl sites for hydroxylation is 3. The molecular weight excluding hydrogens is 510 g/mol. The van der Waals surface area contributed by atoms with Crippen molar-refractivity contribution >= 4 is 55.2 Å². The van der Waals surface area contributed by atoms with E-state index in [1.165, 1.54) is 16.2 Å². The molecule has 8 heteroatoms. The van der Waals surface area contributed by atoms with Crippen LogP contribution in [0.2, 0.25) is 0 Å². The highest BCUT2D eigenvalue weighted by Gasteiger charge is 2.66. The van der Waals surface area contributed by atoms with Gasteiger partial charge in [-0.05, 0) is 56.2 Å². The second kappa shape index (κ2) is 7.97. The minimum Gasteiger partial charge on any atom is -0.450 e. The molecule has 4 heterocycles. The number of nitrogens with zero attached hydrogens (tertiary/aromatic N) is 3. The molecule has 2 amide bonds. The number of anilines is 2. The van der Waals surface area contributed by atoms with Crippen molar-refractivity contribution in [2.45, 2.75) is 26.3 Å². The molecule has 1 spiro atoms. The van der Waals surface area contributed by atoms with Crippen molar-refractivity contribution in [2.75, 3.05) is 16.3 Å². The Morgan fingerprint density at radius 3 is 2.62 bits per heavy atom. The highest BCUT2D eigenvalue weighted by Crippen LogP contribution is 2.54. The molecule has 0 radical (unpaired) electrons. The van der Waals surface area contributed by atoms with Crippen molar-refractivity contribution in [1.82, 2.24) is 4.98 Å². The van der Waals surface area contributed by atoms with E-state index in [1.54, 1.807) is 29.2 Å². The number of benzene rings is 3. The number of carbonyl (C=O) groups excluding carboxylic acids is 2. The summed E-state index contributed by atoms with van der Waals surface area (Å²) < 4.78 is 7.05. The van der Waals surface area contributed by atoms with Gasteiger partial charge in [-0.2, -0.15) is 0 Å². The molecule has 0 N–H and O–H groups in total. The van der Waals surface area contributed by atoms with E-state index in [4.69, 9.17) is 9.40 Å². The van der Waals surface area contributed by atoms with Crippen molar-refractivity contribution in [3.05, 3.63) is 111 Å². The molecule has 7 nitrogen and oxygen atoms in total. The summed E-state index contributed by atoms with van der Waals surface area (Å²) in [6.45, 7) is 9.90. The number of rotatable bonds is 3. The van der Waals surface area contributed by atoms with E-state index in [9.17, 15) is 14.4 Å². The van der Waals surface area contributed by atoms with Gasteiger partial charge in [0.2, 0.25) is 5.76 Å². The summed E-state index contributed by atoms with van der Waals surface area (Å²) >= 11 is 1.32. The fourth-order valence-electron chi connectivity index (χ4n) is 6.04. The molecule has 3 aromatic carbocycles. The molecule has 1 atom stereocenters. The maximum atomic E-state index is 14.6. The Labute approximate surface area is 227 Å². The summed E-state index contributed by atoms with van der Waals surface area (Å²) in [6, 6.07) is 16.6. The minimum atomic E-state index is -1.76. The van der Waals surface area contributed by atoms with Crippen molar-refractivity contribution in [2.24, 2.45) is 0 Å². The Balaban J connectivity index is 1.63. The van der Waals surface area contributed by atoms with Crippen LogP contribution in [-0.4, -0.2) is 23.3 Å². The van der Waals surface area contributed by atoms with E-state index in [1.807, 2.05) is 57.2 Å². The zero-order valence-corrected chi connectivity index (χ0v) is 22.4. The molecule has 0 saturated carbocycles. The van der Waals surface area contributed by atoms with Gasteiger partial charge in [0.25, 0.3) is 11.8 Å². The topological polar surface area (TPSA) is 83.7 Å². The van der Waals surface area contributed by atoms with Gasteiger partial charge >= 0.3 is 0 Å². The van der Waals surface area contributed by atoms with Gasteiger partial charge in [-0.3, -0.25) is 19.3 Å². The van der Waals surface area contributed by atoms with Crippen molar-refractivity contribution in [3.8, 4) is 0 Å². The van der Waals surface area contributed by atoms with Crippen LogP contribution in [0.3, 0.4) is 0 Å². The Bertz CT molecular complexity index is 1990. The molecule has 192 valence electrons. The van der Waals surface area contributed by atoms with Gasteiger partial charge < -0.3 is 9.32 Å². The van der Waals surface area contributed by atoms with Crippen LogP contribution in [-0.2, 0) is 10.3 Å². The second-order valence-corrected chi connectivity index (χ2v) is 11.1. The van der Waals surface area contributed by atoms with E-state index in [0.29, 0.717) is 27.4 Å². The number of aromatic nitrogens is 1. The summed E-state index contributed by atoms with van der Waals surface area (Å²) in [7, 11) is 0. The van der Waals surface area contributed by atoms with Crippen LogP contribution in [0.5, 0.6) is 0 Å². The fourth-order valence-corrected chi connectivity index (χ4v) is 7.23. The van der Waals surface area contributed by atoms with Gasteiger partial charge in [0.05, 0.1) is 26.9 Å². The maximum Gasteiger partial charge on any atom is 0.297 e. The lowest BCUT2D eigenvalue weighted by atomic mass is 9.84. The molecule has 7 rings (SSSR count). The monoisotopic (exact) mass is 533 g/mol. The Morgan fingerprint density at radius 1 is 1.03 bits per heavy atom. The van der Waals surface area contributed by atoms with Gasteiger partial charge in [-0.15, -0.1) is 6.58 Å². The molecule has 0 saturated heterocycles. The SMILES string of the molecule is C=CCN1C(=O)C2(c3ccccc31)c1c(oc3ccc(C)cc3c1=O)C(=O)N2c1nc2c(C)cc(C)cc2s1. The summed E-state index contributed by atoms with van der Waals surface area (Å²) in [6.07, 6.45) is 1.63. The third kappa shape index (κ3) is 2.92. The number of hydrogen-bond donors (Lipinski definition) is 0. The number of amides is 2.